The molecular weight excluding hydrogens is 462 g/mol. The molecule has 1 aromatic heterocycles. The third-order valence-corrected chi connectivity index (χ3v) is 5.91. The summed E-state index contributed by atoms with van der Waals surface area (Å²) < 4.78 is 18.3. The van der Waals surface area contributed by atoms with Crippen LogP contribution >= 0.6 is 0 Å². The summed E-state index contributed by atoms with van der Waals surface area (Å²) in [6.45, 7) is 0.477. The molecule has 3 aromatic carbocycles. The van der Waals surface area contributed by atoms with E-state index in [4.69, 9.17) is 19.3 Å². The number of benzene rings is 3. The monoisotopic (exact) mass is 489 g/mol. The van der Waals surface area contributed by atoms with Crippen LogP contribution in [0.25, 0.3) is 16.6 Å². The number of fused-ring (bicyclic) bond motifs is 1. The molecule has 4 aromatic rings. The molecule has 36 heavy (non-hydrogen) atoms. The number of aromatic carboxylic acids is 1. The largest absolute Gasteiger partial charge is 0.497 e. The highest BCUT2D eigenvalue weighted by molar-refractivity contribution is 5.93. The third kappa shape index (κ3) is 5.34. The Morgan fingerprint density at radius 3 is 2.17 bits per heavy atom. The molecule has 8 heteroatoms. The Kier molecular flexibility index (Phi) is 7.56. The first-order chi connectivity index (χ1) is 17.4. The van der Waals surface area contributed by atoms with Crippen LogP contribution in [0.3, 0.4) is 0 Å². The summed E-state index contributed by atoms with van der Waals surface area (Å²) in [5.41, 5.74) is 2.18. The van der Waals surface area contributed by atoms with Crippen molar-refractivity contribution in [2.24, 2.45) is 0 Å². The van der Waals surface area contributed by atoms with Gasteiger partial charge in [-0.3, -0.25) is 4.79 Å². The average molecular weight is 490 g/mol. The first-order valence-corrected chi connectivity index (χ1v) is 11.4. The number of ether oxygens (including phenoxy) is 3. The molecule has 8 nitrogen and oxygen atoms in total. The molecule has 0 bridgehead atoms. The number of carboxylic acids is 1. The first kappa shape index (κ1) is 24.8. The Morgan fingerprint density at radius 1 is 0.889 bits per heavy atom. The van der Waals surface area contributed by atoms with Gasteiger partial charge in [0.15, 0.2) is 0 Å². The predicted octanol–water partition coefficient (Wildman–Crippen LogP) is 4.21. The van der Waals surface area contributed by atoms with Gasteiger partial charge < -0.3 is 29.0 Å². The second-order valence-corrected chi connectivity index (χ2v) is 8.22. The van der Waals surface area contributed by atoms with E-state index >= 15 is 0 Å². The van der Waals surface area contributed by atoms with Crippen LogP contribution in [0, 0.1) is 0 Å². The summed E-state index contributed by atoms with van der Waals surface area (Å²) in [6, 6.07) is 17.9. The fourth-order valence-corrected chi connectivity index (χ4v) is 3.97. The van der Waals surface area contributed by atoms with Crippen molar-refractivity contribution in [3.05, 3.63) is 93.8 Å². The summed E-state index contributed by atoms with van der Waals surface area (Å²) in [5.74, 6) is 0.294. The van der Waals surface area contributed by atoms with E-state index in [1.165, 1.54) is 20.4 Å². The zero-order chi connectivity index (χ0) is 25.7. The molecule has 0 atom stereocenters. The van der Waals surface area contributed by atoms with Crippen LogP contribution in [0.2, 0.25) is 0 Å². The van der Waals surface area contributed by atoms with Gasteiger partial charge in [0.1, 0.15) is 22.8 Å². The number of aliphatic hydroxyl groups excluding tert-OH is 1. The lowest BCUT2D eigenvalue weighted by atomic mass is 10.1. The van der Waals surface area contributed by atoms with Gasteiger partial charge in [0.25, 0.3) is 0 Å². The Balaban J connectivity index is 1.65. The van der Waals surface area contributed by atoms with E-state index in [1.54, 1.807) is 41.0 Å². The molecule has 0 aliphatic carbocycles. The number of carboxylic acid groups (broad SMARTS) is 1. The molecule has 0 aliphatic heterocycles. The maximum Gasteiger partial charge on any atom is 0.341 e. The van der Waals surface area contributed by atoms with Gasteiger partial charge >= 0.3 is 5.97 Å². The smallest absolute Gasteiger partial charge is 0.341 e. The van der Waals surface area contributed by atoms with E-state index in [-0.39, 0.29) is 17.6 Å². The molecule has 0 unspecified atom stereocenters. The van der Waals surface area contributed by atoms with Gasteiger partial charge in [0.05, 0.1) is 38.6 Å². The number of aliphatic hydroxyl groups is 1. The maximum absolute atomic E-state index is 12.9. The summed E-state index contributed by atoms with van der Waals surface area (Å²) in [4.78, 5) is 24.7. The lowest BCUT2D eigenvalue weighted by Crippen LogP contribution is -2.18. The molecular formula is C28H27NO7. The van der Waals surface area contributed by atoms with E-state index < -0.39 is 11.4 Å². The van der Waals surface area contributed by atoms with E-state index in [0.717, 1.165) is 24.0 Å². The van der Waals surface area contributed by atoms with Crippen molar-refractivity contribution in [2.75, 3.05) is 20.8 Å². The minimum absolute atomic E-state index is 0.0208. The van der Waals surface area contributed by atoms with Crippen LogP contribution in [-0.4, -0.2) is 41.6 Å². The van der Waals surface area contributed by atoms with E-state index in [9.17, 15) is 14.7 Å². The fourth-order valence-electron chi connectivity index (χ4n) is 3.97. The quantitative estimate of drug-likeness (QED) is 0.321. The number of aryl methyl sites for hydroxylation is 1. The van der Waals surface area contributed by atoms with Crippen LogP contribution in [0.4, 0.5) is 0 Å². The first-order valence-electron chi connectivity index (χ1n) is 11.4. The Labute approximate surface area is 207 Å². The second kappa shape index (κ2) is 11.0. The number of aromatic nitrogens is 1. The highest BCUT2D eigenvalue weighted by Gasteiger charge is 2.17. The Morgan fingerprint density at radius 2 is 1.56 bits per heavy atom. The second-order valence-electron chi connectivity index (χ2n) is 8.22. The predicted molar refractivity (Wildman–Crippen MR) is 136 cm³/mol. The van der Waals surface area contributed by atoms with Crippen LogP contribution < -0.4 is 19.6 Å². The van der Waals surface area contributed by atoms with Crippen LogP contribution in [0.1, 0.15) is 27.9 Å². The van der Waals surface area contributed by atoms with Crippen molar-refractivity contribution in [1.82, 2.24) is 4.57 Å². The van der Waals surface area contributed by atoms with Crippen molar-refractivity contribution in [3.8, 4) is 22.9 Å². The highest BCUT2D eigenvalue weighted by Crippen LogP contribution is 2.29. The minimum atomic E-state index is -1.31. The number of rotatable bonds is 10. The van der Waals surface area contributed by atoms with E-state index in [2.05, 4.69) is 0 Å². The SMILES string of the molecule is COc1cc(OC)cc(-n2cc(C(=O)O)c(=O)c3ccc(OCCCc4ccc(CO)cc4)cc32)c1. The van der Waals surface area contributed by atoms with Gasteiger partial charge in [-0.15, -0.1) is 0 Å². The lowest BCUT2D eigenvalue weighted by molar-refractivity contribution is 0.0695. The average Bonchev–Trinajstić information content (AvgIpc) is 2.91. The molecule has 0 aliphatic rings. The highest BCUT2D eigenvalue weighted by atomic mass is 16.5. The summed E-state index contributed by atoms with van der Waals surface area (Å²) in [7, 11) is 3.05. The number of methoxy groups -OCH3 is 2. The van der Waals surface area contributed by atoms with Gasteiger partial charge in [0, 0.05) is 35.8 Å². The molecule has 0 fully saturated rings. The fraction of sp³-hybridized carbons (Fsp3) is 0.214. The standard InChI is InChI=1S/C28H27NO7/c1-34-22-12-20(13-23(14-22)35-2)29-16-25(28(32)33)27(31)24-10-9-21(15-26(24)29)36-11-3-4-18-5-7-19(17-30)8-6-18/h5-10,12-16,30H,3-4,11,17H2,1-2H3,(H,32,33). The van der Waals surface area contributed by atoms with Gasteiger partial charge in [-0.2, -0.15) is 0 Å². The van der Waals surface area contributed by atoms with E-state index in [1.807, 2.05) is 24.3 Å². The van der Waals surface area contributed by atoms with Crippen LogP contribution in [0.15, 0.2) is 71.7 Å². The van der Waals surface area contributed by atoms with Gasteiger partial charge in [-0.1, -0.05) is 24.3 Å². The molecule has 0 saturated carbocycles. The number of hydrogen-bond donors (Lipinski definition) is 2. The van der Waals surface area contributed by atoms with Gasteiger partial charge in [0.2, 0.25) is 5.43 Å². The lowest BCUT2D eigenvalue weighted by Gasteiger charge is -2.16. The molecule has 2 N–H and O–H groups in total. The van der Waals surface area contributed by atoms with Crippen LogP contribution in [-0.2, 0) is 13.0 Å². The molecule has 186 valence electrons. The minimum Gasteiger partial charge on any atom is -0.497 e. The van der Waals surface area contributed by atoms with Crippen molar-refractivity contribution in [1.29, 1.82) is 0 Å². The van der Waals surface area contributed by atoms with Gasteiger partial charge in [-0.05, 0) is 36.1 Å². The Hall–Kier alpha value is -4.30. The molecule has 1 heterocycles. The zero-order valence-electron chi connectivity index (χ0n) is 20.1. The van der Waals surface area contributed by atoms with Crippen LogP contribution in [0.5, 0.6) is 17.2 Å². The summed E-state index contributed by atoms with van der Waals surface area (Å²) >= 11 is 0. The summed E-state index contributed by atoms with van der Waals surface area (Å²) in [5, 5.41) is 19.0. The van der Waals surface area contributed by atoms with Crippen molar-refractivity contribution in [2.45, 2.75) is 19.4 Å². The molecule has 0 radical (unpaired) electrons. The molecule has 4 rings (SSSR count). The number of hydrogen-bond acceptors (Lipinski definition) is 6. The molecule has 0 amide bonds. The number of carbonyl (C=O) groups is 1. The topological polar surface area (TPSA) is 107 Å². The van der Waals surface area contributed by atoms with Gasteiger partial charge in [-0.25, -0.2) is 4.79 Å². The van der Waals surface area contributed by atoms with Crippen molar-refractivity contribution in [3.63, 3.8) is 0 Å². The summed E-state index contributed by atoms with van der Waals surface area (Å²) in [6.07, 6.45) is 2.89. The molecule has 0 saturated heterocycles. The molecule has 0 spiro atoms. The number of nitrogens with zero attached hydrogens (tertiary/aromatic N) is 1. The third-order valence-electron chi connectivity index (χ3n) is 5.91. The normalized spacial score (nSPS) is 10.9. The zero-order valence-corrected chi connectivity index (χ0v) is 20.1. The van der Waals surface area contributed by atoms with Crippen molar-refractivity contribution >= 4 is 16.9 Å². The van der Waals surface area contributed by atoms with Crippen molar-refractivity contribution < 1.29 is 29.2 Å². The number of pyridine rings is 1. The Bertz CT molecular complexity index is 1420. The maximum atomic E-state index is 12.9. The van der Waals surface area contributed by atoms with E-state index in [0.29, 0.717) is 35.1 Å².